The first-order valence-corrected chi connectivity index (χ1v) is 4.89. The predicted octanol–water partition coefficient (Wildman–Crippen LogP) is 4.60. The molecule has 12 heavy (non-hydrogen) atoms. The van der Waals surface area contributed by atoms with Crippen molar-refractivity contribution in [2.24, 2.45) is 23.6 Å². The van der Waals surface area contributed by atoms with E-state index in [0.29, 0.717) is 11.8 Å². The topological polar surface area (TPSA) is 0 Å². The van der Waals surface area contributed by atoms with E-state index < -0.39 is 0 Å². The van der Waals surface area contributed by atoms with Crippen molar-refractivity contribution in [2.75, 3.05) is 0 Å². The number of hydrogen-bond acceptors (Lipinski definition) is 0. The van der Waals surface area contributed by atoms with Crippen LogP contribution in [0.1, 0.15) is 58.1 Å². The Labute approximate surface area is 82.6 Å². The molecular weight excluding hydrogens is 144 g/mol. The smallest absolute Gasteiger partial charge is 0.0300 e. The fourth-order valence-corrected chi connectivity index (χ4v) is 0. The van der Waals surface area contributed by atoms with Gasteiger partial charge in [0.05, 0.1) is 0 Å². The molecule has 0 amide bonds. The molecule has 0 N–H and O–H groups in total. The molecule has 0 atom stereocenters. The van der Waals surface area contributed by atoms with Gasteiger partial charge in [0.15, 0.2) is 0 Å². The normalized spacial score (nSPS) is 15.2. The van der Waals surface area contributed by atoms with Gasteiger partial charge in [0.25, 0.3) is 0 Å². The molecule has 0 fully saturated rings. The summed E-state index contributed by atoms with van der Waals surface area (Å²) in [6.07, 6.45) is 0. The molecule has 0 heterocycles. The van der Waals surface area contributed by atoms with E-state index in [0.717, 1.165) is 0 Å². The summed E-state index contributed by atoms with van der Waals surface area (Å²) in [6.45, 7) is 16.0. The van der Waals surface area contributed by atoms with Crippen LogP contribution in [-0.4, -0.2) is 0 Å². The van der Waals surface area contributed by atoms with Gasteiger partial charge >= 0.3 is 0 Å². The maximum atomic E-state index is 7.39. The average Bonchev–Trinajstić information content (AvgIpc) is 1.83. The van der Waals surface area contributed by atoms with Crippen molar-refractivity contribution in [3.63, 3.8) is 0 Å². The molecule has 0 spiro atoms. The highest BCUT2D eigenvalue weighted by molar-refractivity contribution is 4.46. The van der Waals surface area contributed by atoms with Crippen molar-refractivity contribution in [1.82, 2.24) is 0 Å². The Bertz CT molecular complexity index is 117. The molecule has 0 bridgehead atoms. The molecule has 0 aliphatic heterocycles. The lowest BCUT2D eigenvalue weighted by Gasteiger charge is -2.05. The Balaban J connectivity index is 0. The monoisotopic (exact) mass is 174 g/mol. The minimum atomic E-state index is -0.250. The molecular formula is C12H28. The molecule has 0 nitrogen and oxygen atoms in total. The van der Waals surface area contributed by atoms with Crippen LogP contribution in [0.2, 0.25) is 0 Å². The molecule has 0 heteroatoms. The third-order valence-electron chi connectivity index (χ3n) is 2.31. The minimum absolute atomic E-state index is 0.250. The van der Waals surface area contributed by atoms with Gasteiger partial charge in [0.1, 0.15) is 0 Å². The van der Waals surface area contributed by atoms with Crippen LogP contribution in [0.3, 0.4) is 0 Å². The van der Waals surface area contributed by atoms with E-state index in [2.05, 4.69) is 27.7 Å². The molecule has 0 aliphatic carbocycles. The first-order chi connectivity index (χ1) is 5.89. The molecule has 0 rings (SSSR count). The number of hydrogen-bond donors (Lipinski definition) is 0. The van der Waals surface area contributed by atoms with Gasteiger partial charge in [0.2, 0.25) is 0 Å². The number of rotatable bonds is 2. The van der Waals surface area contributed by atoms with Gasteiger partial charge in [-0.15, -0.1) is 0 Å². The Morgan fingerprint density at radius 1 is 0.583 bits per heavy atom. The molecule has 0 unspecified atom stereocenters. The first kappa shape index (κ1) is 10.1. The van der Waals surface area contributed by atoms with Gasteiger partial charge in [-0.05, 0) is 23.6 Å². The predicted molar refractivity (Wildman–Crippen MR) is 59.4 cm³/mol. The minimum Gasteiger partial charge on any atom is -0.0625 e. The quantitative estimate of drug-likeness (QED) is 0.574. The molecule has 76 valence electrons. The van der Waals surface area contributed by atoms with E-state index in [4.69, 9.17) is 2.74 Å². The summed E-state index contributed by atoms with van der Waals surface area (Å²) in [7, 11) is 0. The lowest BCUT2D eigenvalue weighted by molar-refractivity contribution is 0.457. The van der Waals surface area contributed by atoms with Crippen LogP contribution in [0.4, 0.5) is 0 Å². The summed E-state index contributed by atoms with van der Waals surface area (Å²) in [5.41, 5.74) is 0. The van der Waals surface area contributed by atoms with Crippen LogP contribution in [0, 0.1) is 23.6 Å². The molecule has 0 saturated carbocycles. The average molecular weight is 174 g/mol. The summed E-state index contributed by atoms with van der Waals surface area (Å²) in [5.74, 6) is 0.431. The van der Waals surface area contributed by atoms with Crippen LogP contribution < -0.4 is 0 Å². The summed E-state index contributed by atoms with van der Waals surface area (Å²) >= 11 is 0. The molecule has 0 aromatic heterocycles. The van der Waals surface area contributed by atoms with Crippen LogP contribution >= 0.6 is 0 Å². The van der Waals surface area contributed by atoms with E-state index in [1.807, 2.05) is 27.7 Å². The van der Waals surface area contributed by atoms with E-state index in [-0.39, 0.29) is 11.8 Å². The third-order valence-corrected chi connectivity index (χ3v) is 2.31. The second-order valence-corrected chi connectivity index (χ2v) is 4.46. The van der Waals surface area contributed by atoms with Gasteiger partial charge in [-0.3, -0.25) is 0 Å². The molecule has 0 aromatic carbocycles. The maximum absolute atomic E-state index is 7.39. The van der Waals surface area contributed by atoms with Crippen molar-refractivity contribution in [3.05, 3.63) is 0 Å². The van der Waals surface area contributed by atoms with Gasteiger partial charge in [-0.1, -0.05) is 55.4 Å². The highest BCUT2D eigenvalue weighted by Gasteiger charge is 1.96. The zero-order valence-corrected chi connectivity index (χ0v) is 10.2. The maximum Gasteiger partial charge on any atom is 0.0300 e. The van der Waals surface area contributed by atoms with Crippen molar-refractivity contribution >= 4 is 0 Å². The fourth-order valence-electron chi connectivity index (χ4n) is 0. The van der Waals surface area contributed by atoms with Crippen molar-refractivity contribution < 1.29 is 2.74 Å². The molecule has 0 aliphatic rings. The van der Waals surface area contributed by atoms with Gasteiger partial charge in [-0.2, -0.15) is 0 Å². The highest BCUT2D eigenvalue weighted by Crippen LogP contribution is 2.06. The van der Waals surface area contributed by atoms with E-state index in [9.17, 15) is 0 Å². The van der Waals surface area contributed by atoms with Crippen LogP contribution in [-0.2, 0) is 0 Å². The summed E-state index contributed by atoms with van der Waals surface area (Å²) in [4.78, 5) is 0. The lowest BCUT2D eigenvalue weighted by Crippen LogP contribution is -1.95. The largest absolute Gasteiger partial charge is 0.0625 e. The van der Waals surface area contributed by atoms with Crippen molar-refractivity contribution in [1.29, 1.82) is 0 Å². The third kappa shape index (κ3) is 12.7. The van der Waals surface area contributed by atoms with Crippen LogP contribution in [0.15, 0.2) is 0 Å². The standard InChI is InChI=1S/2C6H14/c2*1-5(2)6(3)4/h2*5-6H,1-4H3/i2*5D. The van der Waals surface area contributed by atoms with Gasteiger partial charge < -0.3 is 0 Å². The Hall–Kier alpha value is 0. The lowest BCUT2D eigenvalue weighted by atomic mass is 10.0. The highest BCUT2D eigenvalue weighted by atomic mass is 14.0. The van der Waals surface area contributed by atoms with Gasteiger partial charge in [0, 0.05) is 2.74 Å². The zero-order chi connectivity index (χ0) is 12.2. The summed E-state index contributed by atoms with van der Waals surface area (Å²) in [5, 5.41) is 0. The Kier molecular flexibility index (Phi) is 6.42. The molecule has 0 saturated heterocycles. The molecule has 0 radical (unpaired) electrons. The van der Waals surface area contributed by atoms with E-state index in [1.54, 1.807) is 0 Å². The van der Waals surface area contributed by atoms with Crippen LogP contribution in [0.25, 0.3) is 0 Å². The summed E-state index contributed by atoms with van der Waals surface area (Å²) < 4.78 is 14.8. The SMILES string of the molecule is [2H]C(C)(C)C(C)C.[2H]C(C)(C)C(C)C. The second-order valence-electron chi connectivity index (χ2n) is 4.46. The second kappa shape index (κ2) is 7.64. The van der Waals surface area contributed by atoms with Crippen LogP contribution in [0.5, 0.6) is 0 Å². The van der Waals surface area contributed by atoms with Gasteiger partial charge in [-0.25, -0.2) is 0 Å². The Morgan fingerprint density at radius 3 is 0.667 bits per heavy atom. The van der Waals surface area contributed by atoms with E-state index in [1.165, 1.54) is 0 Å². The van der Waals surface area contributed by atoms with Crippen molar-refractivity contribution in [3.8, 4) is 0 Å². The summed E-state index contributed by atoms with van der Waals surface area (Å²) in [6, 6.07) is 0. The first-order valence-electron chi connectivity index (χ1n) is 5.89. The Morgan fingerprint density at radius 2 is 0.667 bits per heavy atom. The zero-order valence-electron chi connectivity index (χ0n) is 12.2. The van der Waals surface area contributed by atoms with E-state index >= 15 is 0 Å². The fraction of sp³-hybridized carbons (Fsp3) is 1.00. The van der Waals surface area contributed by atoms with Crippen molar-refractivity contribution in [2.45, 2.75) is 55.4 Å². The molecule has 0 aromatic rings.